The Morgan fingerprint density at radius 3 is 2.67 bits per heavy atom. The van der Waals surface area contributed by atoms with Gasteiger partial charge in [-0.15, -0.1) is 5.10 Å². The number of ether oxygens (including phenoxy) is 2. The second-order valence-corrected chi connectivity index (χ2v) is 9.11. The molecule has 180 valence electrons. The van der Waals surface area contributed by atoms with Gasteiger partial charge in [0.15, 0.2) is 5.65 Å². The summed E-state index contributed by atoms with van der Waals surface area (Å²) in [6.45, 7) is 4.98. The van der Waals surface area contributed by atoms with E-state index in [0.29, 0.717) is 31.1 Å². The third-order valence-electron chi connectivity index (χ3n) is 5.66. The number of nitrogens with zero attached hydrogens (tertiary/aromatic N) is 6. The van der Waals surface area contributed by atoms with Crippen molar-refractivity contribution in [2.24, 2.45) is 4.99 Å². The van der Waals surface area contributed by atoms with Gasteiger partial charge in [-0.3, -0.25) is 0 Å². The highest BCUT2D eigenvalue weighted by atomic mass is 16.5. The summed E-state index contributed by atoms with van der Waals surface area (Å²) in [6.07, 6.45) is 3.39. The van der Waals surface area contributed by atoms with E-state index in [1.165, 1.54) is 0 Å². The first-order valence-electron chi connectivity index (χ1n) is 11.6. The minimum atomic E-state index is -0.227. The number of anilines is 3. The van der Waals surface area contributed by atoms with E-state index in [4.69, 9.17) is 9.47 Å². The van der Waals surface area contributed by atoms with Crippen LogP contribution in [0.2, 0.25) is 0 Å². The summed E-state index contributed by atoms with van der Waals surface area (Å²) in [6, 6.07) is 20.4. The Bertz CT molecular complexity index is 1540. The number of rotatable bonds is 6. The quantitative estimate of drug-likeness (QED) is 0.364. The lowest BCUT2D eigenvalue weighted by atomic mass is 10.1. The third kappa shape index (κ3) is 4.61. The smallest absolute Gasteiger partial charge is 0.336 e. The molecule has 0 atom stereocenters. The van der Waals surface area contributed by atoms with Gasteiger partial charge >= 0.3 is 6.01 Å². The Morgan fingerprint density at radius 2 is 1.86 bits per heavy atom. The van der Waals surface area contributed by atoms with Crippen LogP contribution in [0.25, 0.3) is 16.6 Å². The largest absolute Gasteiger partial charge is 0.462 e. The zero-order valence-electron chi connectivity index (χ0n) is 19.8. The Balaban J connectivity index is 1.15. The van der Waals surface area contributed by atoms with Crippen molar-refractivity contribution >= 4 is 39.8 Å². The predicted octanol–water partition coefficient (Wildman–Crippen LogP) is 4.57. The fourth-order valence-corrected chi connectivity index (χ4v) is 3.85. The minimum absolute atomic E-state index is 0.227. The molecule has 1 aliphatic rings. The van der Waals surface area contributed by atoms with Crippen LogP contribution in [-0.2, 0) is 11.3 Å². The van der Waals surface area contributed by atoms with Crippen LogP contribution >= 0.6 is 0 Å². The van der Waals surface area contributed by atoms with Crippen LogP contribution in [0.1, 0.15) is 19.4 Å². The molecule has 0 amide bonds. The zero-order chi connectivity index (χ0) is 24.5. The summed E-state index contributed by atoms with van der Waals surface area (Å²) in [7, 11) is 0. The molecular formula is C26H24N8O2. The number of pyridine rings is 1. The van der Waals surface area contributed by atoms with Crippen LogP contribution in [0, 0.1) is 0 Å². The highest BCUT2D eigenvalue weighted by Gasteiger charge is 2.26. The number of fused-ring (bicyclic) bond motifs is 2. The molecule has 0 radical (unpaired) electrons. The standard InChI is InChI=1S/C26H24N8O2/c1-26(2)15-36-24(32-26)30-19-10-11-21-20(13-19)23(28-16-27-21)29-18-8-6-17(7-9-18)14-35-25-31-22-5-3-4-12-34(22)33-25/h3-13,16H,14-15H2,1-2H3,(H,30,32)(H,27,28,29). The summed E-state index contributed by atoms with van der Waals surface area (Å²) in [5.74, 6) is 0.705. The molecule has 10 heteroatoms. The Labute approximate surface area is 207 Å². The Hall–Kier alpha value is -4.73. The molecule has 2 aromatic carbocycles. The number of aromatic nitrogens is 5. The van der Waals surface area contributed by atoms with Gasteiger partial charge in [0.1, 0.15) is 25.4 Å². The number of nitrogens with one attached hydrogen (secondary N) is 2. The first kappa shape index (κ1) is 21.8. The SMILES string of the molecule is CC1(C)COC(Nc2ccc3ncnc(Nc4ccc(COc5nc6ccccn6n5)cc4)c3c2)=N1. The molecule has 36 heavy (non-hydrogen) atoms. The Morgan fingerprint density at radius 1 is 1.00 bits per heavy atom. The van der Waals surface area contributed by atoms with Gasteiger partial charge in [-0.1, -0.05) is 18.2 Å². The van der Waals surface area contributed by atoms with Crippen molar-refractivity contribution in [2.75, 3.05) is 17.2 Å². The minimum Gasteiger partial charge on any atom is -0.462 e. The molecule has 0 bridgehead atoms. The monoisotopic (exact) mass is 480 g/mol. The molecule has 2 N–H and O–H groups in total. The van der Waals surface area contributed by atoms with Crippen LogP contribution in [0.4, 0.5) is 17.2 Å². The second-order valence-electron chi connectivity index (χ2n) is 9.11. The molecule has 0 saturated carbocycles. The maximum Gasteiger partial charge on any atom is 0.336 e. The second kappa shape index (κ2) is 8.81. The van der Waals surface area contributed by atoms with Crippen LogP contribution in [0.15, 0.2) is 78.2 Å². The molecule has 6 rings (SSSR count). The van der Waals surface area contributed by atoms with Crippen LogP contribution in [-0.4, -0.2) is 42.7 Å². The molecule has 3 aromatic heterocycles. The van der Waals surface area contributed by atoms with Gasteiger partial charge < -0.3 is 20.1 Å². The third-order valence-corrected chi connectivity index (χ3v) is 5.66. The summed E-state index contributed by atoms with van der Waals surface area (Å²) < 4.78 is 13.1. The van der Waals surface area contributed by atoms with E-state index in [1.807, 2.05) is 80.7 Å². The van der Waals surface area contributed by atoms with E-state index in [2.05, 4.69) is 35.7 Å². The van der Waals surface area contributed by atoms with E-state index in [0.717, 1.165) is 33.5 Å². The summed E-state index contributed by atoms with van der Waals surface area (Å²) in [5.41, 5.74) is 4.10. The van der Waals surface area contributed by atoms with E-state index >= 15 is 0 Å². The number of benzene rings is 2. The summed E-state index contributed by atoms with van der Waals surface area (Å²) >= 11 is 0. The van der Waals surface area contributed by atoms with Gasteiger partial charge in [0.05, 0.1) is 11.1 Å². The molecule has 0 aliphatic carbocycles. The molecular weight excluding hydrogens is 456 g/mol. The lowest BCUT2D eigenvalue weighted by molar-refractivity contribution is 0.278. The molecule has 0 spiro atoms. The lowest BCUT2D eigenvalue weighted by Gasteiger charge is -2.11. The first-order chi connectivity index (χ1) is 17.5. The fourth-order valence-electron chi connectivity index (χ4n) is 3.85. The molecule has 10 nitrogen and oxygen atoms in total. The maximum atomic E-state index is 5.76. The van der Waals surface area contributed by atoms with E-state index < -0.39 is 0 Å². The van der Waals surface area contributed by atoms with Crippen molar-refractivity contribution in [1.82, 2.24) is 24.6 Å². The normalized spacial score (nSPS) is 14.4. The van der Waals surface area contributed by atoms with Gasteiger partial charge in [-0.05, 0) is 61.9 Å². The number of hydrogen-bond donors (Lipinski definition) is 2. The van der Waals surface area contributed by atoms with Crippen molar-refractivity contribution in [1.29, 1.82) is 0 Å². The number of amidine groups is 1. The highest BCUT2D eigenvalue weighted by Crippen LogP contribution is 2.27. The maximum absolute atomic E-state index is 5.76. The van der Waals surface area contributed by atoms with E-state index in [1.54, 1.807) is 10.8 Å². The molecule has 0 unspecified atom stereocenters. The van der Waals surface area contributed by atoms with E-state index in [-0.39, 0.29) is 5.54 Å². The van der Waals surface area contributed by atoms with Crippen LogP contribution in [0.5, 0.6) is 6.01 Å². The number of aliphatic imine (C=N–C) groups is 1. The van der Waals surface area contributed by atoms with Gasteiger partial charge in [-0.25, -0.2) is 19.5 Å². The van der Waals surface area contributed by atoms with E-state index in [9.17, 15) is 0 Å². The van der Waals surface area contributed by atoms with Crippen molar-refractivity contribution in [3.8, 4) is 6.01 Å². The molecule has 1 aliphatic heterocycles. The summed E-state index contributed by atoms with van der Waals surface area (Å²) in [4.78, 5) is 17.8. The predicted molar refractivity (Wildman–Crippen MR) is 138 cm³/mol. The Kier molecular flexibility index (Phi) is 5.33. The van der Waals surface area contributed by atoms with Gasteiger partial charge in [-0.2, -0.15) is 4.98 Å². The average molecular weight is 481 g/mol. The van der Waals surface area contributed by atoms with Crippen LogP contribution < -0.4 is 15.4 Å². The number of hydrogen-bond acceptors (Lipinski definition) is 9. The highest BCUT2D eigenvalue weighted by molar-refractivity contribution is 5.97. The van der Waals surface area contributed by atoms with Gasteiger partial charge in [0.2, 0.25) is 0 Å². The van der Waals surface area contributed by atoms with Crippen molar-refractivity contribution < 1.29 is 9.47 Å². The van der Waals surface area contributed by atoms with Crippen molar-refractivity contribution in [3.63, 3.8) is 0 Å². The average Bonchev–Trinajstić information content (AvgIpc) is 3.45. The summed E-state index contributed by atoms with van der Waals surface area (Å²) in [5, 5.41) is 11.8. The lowest BCUT2D eigenvalue weighted by Crippen LogP contribution is -2.17. The molecule has 4 heterocycles. The van der Waals surface area contributed by atoms with Crippen molar-refractivity contribution in [3.05, 3.63) is 78.8 Å². The molecule has 5 aromatic rings. The zero-order valence-corrected chi connectivity index (χ0v) is 19.8. The molecule has 0 fully saturated rings. The van der Waals surface area contributed by atoms with Crippen LogP contribution in [0.3, 0.4) is 0 Å². The first-order valence-corrected chi connectivity index (χ1v) is 11.6. The van der Waals surface area contributed by atoms with Gasteiger partial charge in [0.25, 0.3) is 6.02 Å². The van der Waals surface area contributed by atoms with Crippen molar-refractivity contribution in [2.45, 2.75) is 26.0 Å². The van der Waals surface area contributed by atoms with Gasteiger partial charge in [0, 0.05) is 23.0 Å². The fraction of sp³-hybridized carbons (Fsp3) is 0.192. The topological polar surface area (TPSA) is 111 Å². The molecule has 0 saturated heterocycles.